The van der Waals surface area contributed by atoms with Crippen molar-refractivity contribution in [2.75, 3.05) is 0 Å². The molecule has 2 aliphatic carbocycles. The molecule has 3 nitrogen and oxygen atoms in total. The highest BCUT2D eigenvalue weighted by molar-refractivity contribution is 6.00. The van der Waals surface area contributed by atoms with E-state index in [0.29, 0.717) is 6.42 Å². The molecule has 0 aromatic rings. The van der Waals surface area contributed by atoms with Crippen LogP contribution in [0.4, 0.5) is 0 Å². The van der Waals surface area contributed by atoms with E-state index in [0.717, 1.165) is 19.3 Å². The third-order valence-corrected chi connectivity index (χ3v) is 3.23. The minimum Gasteiger partial charge on any atom is -0.381 e. The van der Waals surface area contributed by atoms with Gasteiger partial charge in [0.15, 0.2) is 5.78 Å². The lowest BCUT2D eigenvalue weighted by molar-refractivity contribution is -0.135. The van der Waals surface area contributed by atoms with Crippen molar-refractivity contribution in [3.63, 3.8) is 0 Å². The number of hydrogen-bond acceptors (Lipinski definition) is 3. The lowest BCUT2D eigenvalue weighted by atomic mass is 9.87. The van der Waals surface area contributed by atoms with Crippen LogP contribution in [0.3, 0.4) is 0 Å². The zero-order valence-corrected chi connectivity index (χ0v) is 6.17. The van der Waals surface area contributed by atoms with Gasteiger partial charge in [0.25, 0.3) is 0 Å². The van der Waals surface area contributed by atoms with Gasteiger partial charge in [-0.3, -0.25) is 4.79 Å². The molecule has 1 heterocycles. The standard InChI is InChI=1S/C8H9NO2/c10-6-2-1-3-7-4-8(6,7)11-9-5-7/h5H,1-4H2. The first-order valence-corrected chi connectivity index (χ1v) is 4.05. The van der Waals surface area contributed by atoms with Crippen molar-refractivity contribution in [2.24, 2.45) is 10.6 Å². The zero-order valence-electron chi connectivity index (χ0n) is 6.17. The van der Waals surface area contributed by atoms with Crippen molar-refractivity contribution >= 4 is 12.0 Å². The predicted octanol–water partition coefficient (Wildman–Crippen LogP) is 0.884. The van der Waals surface area contributed by atoms with Gasteiger partial charge in [-0.2, -0.15) is 0 Å². The number of carbonyl (C=O) groups excluding carboxylic acids is 1. The van der Waals surface area contributed by atoms with E-state index in [9.17, 15) is 4.79 Å². The third-order valence-electron chi connectivity index (χ3n) is 3.23. The summed E-state index contributed by atoms with van der Waals surface area (Å²) in [5, 5.41) is 3.74. The van der Waals surface area contributed by atoms with E-state index in [4.69, 9.17) is 4.84 Å². The van der Waals surface area contributed by atoms with Gasteiger partial charge in [-0.1, -0.05) is 5.16 Å². The fourth-order valence-corrected chi connectivity index (χ4v) is 2.44. The Bertz CT molecular complexity index is 273. The normalized spacial score (nSPS) is 51.5. The van der Waals surface area contributed by atoms with Gasteiger partial charge in [-0.05, 0) is 12.8 Å². The molecule has 0 bridgehead atoms. The first-order valence-electron chi connectivity index (χ1n) is 4.05. The predicted molar refractivity (Wildman–Crippen MR) is 38.2 cm³/mol. The van der Waals surface area contributed by atoms with Crippen molar-refractivity contribution in [1.82, 2.24) is 0 Å². The molecule has 1 aliphatic heterocycles. The quantitative estimate of drug-likeness (QED) is 0.515. The van der Waals surface area contributed by atoms with Crippen LogP contribution in [-0.4, -0.2) is 17.6 Å². The van der Waals surface area contributed by atoms with E-state index < -0.39 is 5.60 Å². The maximum absolute atomic E-state index is 11.4. The van der Waals surface area contributed by atoms with Crippen molar-refractivity contribution in [2.45, 2.75) is 31.3 Å². The molecule has 3 heteroatoms. The molecule has 2 atom stereocenters. The Morgan fingerprint density at radius 2 is 2.55 bits per heavy atom. The summed E-state index contributed by atoms with van der Waals surface area (Å²) in [5.41, 5.74) is -0.423. The number of rotatable bonds is 0. The molecule has 2 unspecified atom stereocenters. The van der Waals surface area contributed by atoms with Crippen LogP contribution < -0.4 is 0 Å². The number of nitrogens with zero attached hydrogens (tertiary/aromatic N) is 1. The molecule has 0 saturated heterocycles. The lowest BCUT2D eigenvalue weighted by Crippen LogP contribution is -2.32. The fourth-order valence-electron chi connectivity index (χ4n) is 2.44. The number of ketones is 1. The van der Waals surface area contributed by atoms with E-state index in [2.05, 4.69) is 5.16 Å². The molecular formula is C8H9NO2. The van der Waals surface area contributed by atoms with Gasteiger partial charge in [0, 0.05) is 12.8 Å². The molecule has 0 amide bonds. The molecular weight excluding hydrogens is 142 g/mol. The molecule has 0 aromatic carbocycles. The zero-order chi connectivity index (χ0) is 7.53. The summed E-state index contributed by atoms with van der Waals surface area (Å²) in [7, 11) is 0. The lowest BCUT2D eigenvalue weighted by Gasteiger charge is -2.18. The summed E-state index contributed by atoms with van der Waals surface area (Å²) in [4.78, 5) is 16.6. The Kier molecular flexibility index (Phi) is 0.708. The molecule has 3 aliphatic rings. The number of hydrogen-bond donors (Lipinski definition) is 0. The van der Waals surface area contributed by atoms with Crippen molar-refractivity contribution in [3.8, 4) is 0 Å². The number of oxime groups is 1. The molecule has 3 rings (SSSR count). The maximum atomic E-state index is 11.4. The SMILES string of the molecule is O=C1CCCC23C=NOC12C3. The topological polar surface area (TPSA) is 38.7 Å². The van der Waals surface area contributed by atoms with E-state index in [1.54, 1.807) is 0 Å². The fraction of sp³-hybridized carbons (Fsp3) is 0.750. The maximum Gasteiger partial charge on any atom is 0.206 e. The first-order chi connectivity index (χ1) is 5.29. The second-order valence-corrected chi connectivity index (χ2v) is 3.76. The van der Waals surface area contributed by atoms with Gasteiger partial charge in [-0.15, -0.1) is 0 Å². The molecule has 2 fully saturated rings. The van der Waals surface area contributed by atoms with Crippen LogP contribution in [0.2, 0.25) is 0 Å². The van der Waals surface area contributed by atoms with Crippen LogP contribution in [0.15, 0.2) is 5.16 Å². The highest BCUT2D eigenvalue weighted by Crippen LogP contribution is 2.66. The summed E-state index contributed by atoms with van der Waals surface area (Å²) in [6, 6.07) is 0. The highest BCUT2D eigenvalue weighted by Gasteiger charge is 2.77. The molecule has 11 heavy (non-hydrogen) atoms. The summed E-state index contributed by atoms with van der Waals surface area (Å²) in [6.07, 6.45) is 5.51. The Hall–Kier alpha value is -0.860. The van der Waals surface area contributed by atoms with Gasteiger partial charge < -0.3 is 4.84 Å². The summed E-state index contributed by atoms with van der Waals surface area (Å²) in [5.74, 6) is 0.265. The van der Waals surface area contributed by atoms with Crippen molar-refractivity contribution in [3.05, 3.63) is 0 Å². The van der Waals surface area contributed by atoms with Crippen molar-refractivity contribution in [1.29, 1.82) is 0 Å². The van der Waals surface area contributed by atoms with Crippen LogP contribution in [-0.2, 0) is 9.63 Å². The summed E-state index contributed by atoms with van der Waals surface area (Å²) in [6.45, 7) is 0. The third kappa shape index (κ3) is 0.424. The van der Waals surface area contributed by atoms with E-state index in [1.807, 2.05) is 6.21 Å². The Balaban J connectivity index is 2.08. The Morgan fingerprint density at radius 3 is 3.36 bits per heavy atom. The van der Waals surface area contributed by atoms with Gasteiger partial charge in [0.1, 0.15) is 0 Å². The van der Waals surface area contributed by atoms with Crippen LogP contribution in [0.5, 0.6) is 0 Å². The summed E-state index contributed by atoms with van der Waals surface area (Å²) >= 11 is 0. The minimum absolute atomic E-state index is 0.0440. The average molecular weight is 151 g/mol. The van der Waals surface area contributed by atoms with Crippen LogP contribution in [0.25, 0.3) is 0 Å². The summed E-state index contributed by atoms with van der Waals surface area (Å²) < 4.78 is 0. The van der Waals surface area contributed by atoms with E-state index in [1.165, 1.54) is 0 Å². The molecule has 58 valence electrons. The molecule has 0 radical (unpaired) electrons. The first kappa shape index (κ1) is 5.75. The monoisotopic (exact) mass is 151 g/mol. The van der Waals surface area contributed by atoms with Gasteiger partial charge >= 0.3 is 0 Å². The average Bonchev–Trinajstić information content (AvgIpc) is 2.51. The number of carbonyl (C=O) groups is 1. The Morgan fingerprint density at radius 1 is 1.64 bits per heavy atom. The molecule has 0 N–H and O–H groups in total. The molecule has 0 spiro atoms. The van der Waals surface area contributed by atoms with Crippen LogP contribution in [0, 0.1) is 5.41 Å². The van der Waals surface area contributed by atoms with Crippen molar-refractivity contribution < 1.29 is 9.63 Å². The molecule has 0 aromatic heterocycles. The van der Waals surface area contributed by atoms with E-state index >= 15 is 0 Å². The van der Waals surface area contributed by atoms with Gasteiger partial charge in [0.2, 0.25) is 5.60 Å². The van der Waals surface area contributed by atoms with Crippen LogP contribution >= 0.6 is 0 Å². The van der Waals surface area contributed by atoms with Crippen LogP contribution in [0.1, 0.15) is 25.7 Å². The Labute approximate surface area is 64.4 Å². The van der Waals surface area contributed by atoms with Gasteiger partial charge in [-0.25, -0.2) is 0 Å². The smallest absolute Gasteiger partial charge is 0.206 e. The second-order valence-electron chi connectivity index (χ2n) is 3.76. The second kappa shape index (κ2) is 1.36. The van der Waals surface area contributed by atoms with Gasteiger partial charge in [0.05, 0.1) is 11.6 Å². The largest absolute Gasteiger partial charge is 0.381 e. The number of Topliss-reactive ketones (excluding diaryl/α,β-unsaturated/α-hetero) is 1. The highest BCUT2D eigenvalue weighted by atomic mass is 16.7. The molecule has 2 saturated carbocycles. The van der Waals surface area contributed by atoms with E-state index in [-0.39, 0.29) is 11.2 Å². The minimum atomic E-state index is -0.467.